The average molecular weight is 297 g/mol. The molecule has 1 aromatic rings. The Morgan fingerprint density at radius 3 is 2.60 bits per heavy atom. The van der Waals surface area contributed by atoms with E-state index in [1.807, 2.05) is 17.8 Å². The molecule has 6 heteroatoms. The monoisotopic (exact) mass is 297 g/mol. The molecule has 0 bridgehead atoms. The molecular formula is C14H23N3O2S. The summed E-state index contributed by atoms with van der Waals surface area (Å²) in [6.07, 6.45) is 0.981. The standard InChI is InChI=1S/C14H23N3O2S/c1-4-6-15-12-7-13(9-14(8-12)17(18)19)16-11(3)10-20-5-2/h7-9,11,15-16H,4-6,10H2,1-3H3. The van der Waals surface area contributed by atoms with Crippen molar-refractivity contribution in [3.63, 3.8) is 0 Å². The first-order chi connectivity index (χ1) is 9.56. The molecule has 5 nitrogen and oxygen atoms in total. The van der Waals surface area contributed by atoms with Crippen molar-refractivity contribution in [3.05, 3.63) is 28.3 Å². The first-order valence-electron chi connectivity index (χ1n) is 6.94. The Bertz CT molecular complexity index is 440. The lowest BCUT2D eigenvalue weighted by atomic mass is 10.2. The Morgan fingerprint density at radius 1 is 1.30 bits per heavy atom. The van der Waals surface area contributed by atoms with Gasteiger partial charge in [-0.2, -0.15) is 11.8 Å². The average Bonchev–Trinajstić information content (AvgIpc) is 2.42. The van der Waals surface area contributed by atoms with Gasteiger partial charge in [0.2, 0.25) is 0 Å². The van der Waals surface area contributed by atoms with Crippen LogP contribution < -0.4 is 10.6 Å². The van der Waals surface area contributed by atoms with Crippen LogP contribution in [0.15, 0.2) is 18.2 Å². The minimum atomic E-state index is -0.353. The van der Waals surface area contributed by atoms with E-state index in [2.05, 4.69) is 31.4 Å². The number of nitrogens with zero attached hydrogens (tertiary/aromatic N) is 1. The molecule has 1 rings (SSSR count). The minimum absolute atomic E-state index is 0.115. The number of hydrogen-bond donors (Lipinski definition) is 2. The highest BCUT2D eigenvalue weighted by atomic mass is 32.2. The van der Waals surface area contributed by atoms with Crippen LogP contribution >= 0.6 is 11.8 Å². The van der Waals surface area contributed by atoms with Gasteiger partial charge in [0.05, 0.1) is 4.92 Å². The van der Waals surface area contributed by atoms with Crippen LogP contribution in [-0.4, -0.2) is 29.0 Å². The molecule has 0 fully saturated rings. The molecular weight excluding hydrogens is 274 g/mol. The van der Waals surface area contributed by atoms with Crippen LogP contribution in [0, 0.1) is 10.1 Å². The molecule has 1 aromatic carbocycles. The van der Waals surface area contributed by atoms with E-state index in [1.165, 1.54) is 0 Å². The maximum atomic E-state index is 11.0. The number of anilines is 2. The SMILES string of the molecule is CCCNc1cc(NC(C)CSCC)cc([N+](=O)[O-])c1. The Labute approximate surface area is 124 Å². The number of nitro groups is 1. The Kier molecular flexibility index (Phi) is 7.22. The molecule has 1 atom stereocenters. The molecule has 0 saturated carbocycles. The van der Waals surface area contributed by atoms with Crippen LogP contribution in [0.1, 0.15) is 27.2 Å². The molecule has 0 radical (unpaired) electrons. The highest BCUT2D eigenvalue weighted by molar-refractivity contribution is 7.99. The van der Waals surface area contributed by atoms with Crippen LogP contribution in [0.2, 0.25) is 0 Å². The van der Waals surface area contributed by atoms with Gasteiger partial charge in [-0.1, -0.05) is 13.8 Å². The molecule has 0 aliphatic carbocycles. The summed E-state index contributed by atoms with van der Waals surface area (Å²) in [6.45, 7) is 7.08. The third-order valence-electron chi connectivity index (χ3n) is 2.69. The van der Waals surface area contributed by atoms with Crippen molar-refractivity contribution in [3.8, 4) is 0 Å². The normalized spacial score (nSPS) is 11.9. The highest BCUT2D eigenvalue weighted by Gasteiger charge is 2.11. The Hall–Kier alpha value is -1.43. The van der Waals surface area contributed by atoms with Gasteiger partial charge in [0.1, 0.15) is 0 Å². The van der Waals surface area contributed by atoms with E-state index in [1.54, 1.807) is 12.1 Å². The third kappa shape index (κ3) is 5.69. The van der Waals surface area contributed by atoms with Crippen LogP contribution in [-0.2, 0) is 0 Å². The van der Waals surface area contributed by atoms with Gasteiger partial charge >= 0.3 is 0 Å². The van der Waals surface area contributed by atoms with Crippen LogP contribution in [0.25, 0.3) is 0 Å². The van der Waals surface area contributed by atoms with Crippen molar-refractivity contribution in [1.82, 2.24) is 0 Å². The largest absolute Gasteiger partial charge is 0.385 e. The van der Waals surface area contributed by atoms with Gasteiger partial charge in [-0.3, -0.25) is 10.1 Å². The Balaban J connectivity index is 2.82. The molecule has 112 valence electrons. The van der Waals surface area contributed by atoms with Gasteiger partial charge in [0, 0.05) is 41.8 Å². The van der Waals surface area contributed by atoms with E-state index < -0.39 is 0 Å². The molecule has 20 heavy (non-hydrogen) atoms. The predicted octanol–water partition coefficient (Wildman–Crippen LogP) is 3.97. The van der Waals surface area contributed by atoms with Gasteiger partial charge in [0.15, 0.2) is 0 Å². The van der Waals surface area contributed by atoms with E-state index in [9.17, 15) is 10.1 Å². The number of non-ortho nitro benzene ring substituents is 1. The zero-order valence-corrected chi connectivity index (χ0v) is 13.1. The minimum Gasteiger partial charge on any atom is -0.385 e. The smallest absolute Gasteiger partial charge is 0.273 e. The molecule has 1 unspecified atom stereocenters. The second-order valence-corrected chi connectivity index (χ2v) is 5.98. The lowest BCUT2D eigenvalue weighted by Gasteiger charge is -2.15. The maximum Gasteiger partial charge on any atom is 0.273 e. The van der Waals surface area contributed by atoms with E-state index in [-0.39, 0.29) is 16.7 Å². The van der Waals surface area contributed by atoms with Crippen LogP contribution in [0.4, 0.5) is 17.1 Å². The predicted molar refractivity (Wildman–Crippen MR) is 88.0 cm³/mol. The lowest BCUT2D eigenvalue weighted by Crippen LogP contribution is -2.18. The molecule has 0 aliphatic heterocycles. The number of nitro benzene ring substituents is 1. The van der Waals surface area contributed by atoms with Gasteiger partial charge in [0.25, 0.3) is 5.69 Å². The summed E-state index contributed by atoms with van der Waals surface area (Å²) in [7, 11) is 0. The van der Waals surface area contributed by atoms with Gasteiger partial charge in [-0.25, -0.2) is 0 Å². The summed E-state index contributed by atoms with van der Waals surface area (Å²) in [5.74, 6) is 2.06. The van der Waals surface area contributed by atoms with Crippen molar-refractivity contribution >= 4 is 28.8 Å². The zero-order chi connectivity index (χ0) is 15.0. The van der Waals surface area contributed by atoms with Crippen molar-refractivity contribution in [2.75, 3.05) is 28.7 Å². The molecule has 2 N–H and O–H groups in total. The zero-order valence-electron chi connectivity index (χ0n) is 12.3. The highest BCUT2D eigenvalue weighted by Crippen LogP contribution is 2.25. The molecule has 0 heterocycles. The van der Waals surface area contributed by atoms with Crippen LogP contribution in [0.5, 0.6) is 0 Å². The third-order valence-corrected chi connectivity index (χ3v) is 3.84. The summed E-state index contributed by atoms with van der Waals surface area (Å²) in [6, 6.07) is 5.37. The molecule has 0 aromatic heterocycles. The van der Waals surface area contributed by atoms with Gasteiger partial charge < -0.3 is 10.6 Å². The number of rotatable bonds is 9. The van der Waals surface area contributed by atoms with Gasteiger partial charge in [-0.15, -0.1) is 0 Å². The summed E-state index contributed by atoms with van der Waals surface area (Å²) < 4.78 is 0. The molecule has 0 amide bonds. The van der Waals surface area contributed by atoms with Gasteiger partial charge in [-0.05, 0) is 25.2 Å². The van der Waals surface area contributed by atoms with Crippen molar-refractivity contribution in [2.24, 2.45) is 0 Å². The Morgan fingerprint density at radius 2 is 2.00 bits per heavy atom. The van der Waals surface area contributed by atoms with Crippen molar-refractivity contribution < 1.29 is 4.92 Å². The number of hydrogen-bond acceptors (Lipinski definition) is 5. The van der Waals surface area contributed by atoms with E-state index in [0.29, 0.717) is 0 Å². The summed E-state index contributed by atoms with van der Waals surface area (Å²) in [5.41, 5.74) is 1.70. The summed E-state index contributed by atoms with van der Waals surface area (Å²) in [4.78, 5) is 10.6. The molecule has 0 spiro atoms. The second-order valence-electron chi connectivity index (χ2n) is 4.66. The fourth-order valence-electron chi connectivity index (χ4n) is 1.79. The maximum absolute atomic E-state index is 11.0. The van der Waals surface area contributed by atoms with Crippen molar-refractivity contribution in [2.45, 2.75) is 33.2 Å². The summed E-state index contributed by atoms with van der Waals surface area (Å²) >= 11 is 1.85. The number of nitrogens with one attached hydrogen (secondary N) is 2. The number of benzene rings is 1. The van der Waals surface area contributed by atoms with Crippen LogP contribution in [0.3, 0.4) is 0 Å². The van der Waals surface area contributed by atoms with E-state index in [0.717, 1.165) is 35.8 Å². The quantitative estimate of drug-likeness (QED) is 0.533. The summed E-state index contributed by atoms with van der Waals surface area (Å²) in [5, 5.41) is 17.5. The van der Waals surface area contributed by atoms with E-state index in [4.69, 9.17) is 0 Å². The topological polar surface area (TPSA) is 67.2 Å². The fourth-order valence-corrected chi connectivity index (χ4v) is 2.46. The van der Waals surface area contributed by atoms with Crippen molar-refractivity contribution in [1.29, 1.82) is 0 Å². The second kappa shape index (κ2) is 8.68. The van der Waals surface area contributed by atoms with E-state index >= 15 is 0 Å². The first kappa shape index (κ1) is 16.6. The fraction of sp³-hybridized carbons (Fsp3) is 0.571. The molecule has 0 saturated heterocycles. The molecule has 0 aliphatic rings. The number of thioether (sulfide) groups is 1. The lowest BCUT2D eigenvalue weighted by molar-refractivity contribution is -0.384. The first-order valence-corrected chi connectivity index (χ1v) is 8.09.